The Hall–Kier alpha value is -2.88. The average Bonchev–Trinajstić information content (AvgIpc) is 3.02. The third-order valence-corrected chi connectivity index (χ3v) is 3.82. The minimum Gasteiger partial charge on any atom is -0.359 e. The molecule has 146 valence electrons. The van der Waals surface area contributed by atoms with E-state index >= 15 is 0 Å². The zero-order valence-electron chi connectivity index (χ0n) is 13.9. The molecular formula is C16H18ClF3N6O. The lowest BCUT2D eigenvalue weighted by Crippen LogP contribution is -2.42. The van der Waals surface area contributed by atoms with Gasteiger partial charge in [-0.25, -0.2) is 15.0 Å². The molecule has 1 amide bonds. The van der Waals surface area contributed by atoms with Crippen molar-refractivity contribution < 1.29 is 20.8 Å². The molecule has 0 aliphatic heterocycles. The lowest BCUT2D eigenvalue weighted by molar-refractivity contribution is -0.138. The largest absolute Gasteiger partial charge is 0.405 e. The Morgan fingerprint density at radius 1 is 1.41 bits per heavy atom. The standard InChI is InChI=1S/C16H14ClF3N6O.2H2/c1-8(15(27)24-7-16(18,19)20)25-12-2-3-21-14(26-12)11-6-23-13-10(11)4-9(17)5-22-13;;/h2-6,8H,7H2,1H3,(H,22,23)(H,24,27)(H,21,25,26);2*1H/t8-;;/m1../s1. The molecule has 27 heavy (non-hydrogen) atoms. The molecule has 0 fully saturated rings. The SMILES string of the molecule is C[C@@H](Nc1ccnc(-c2c[nH]c3ncc(Cl)cc23)n1)C(=O)NCC(F)(F)F.[HH].[HH]. The summed E-state index contributed by atoms with van der Waals surface area (Å²) in [5, 5.41) is 5.74. The van der Waals surface area contributed by atoms with Crippen LogP contribution in [0.2, 0.25) is 5.02 Å². The second-order valence-electron chi connectivity index (χ2n) is 5.72. The number of aromatic amines is 1. The van der Waals surface area contributed by atoms with E-state index in [0.29, 0.717) is 27.9 Å². The fourth-order valence-corrected chi connectivity index (χ4v) is 2.52. The molecule has 0 aromatic carbocycles. The van der Waals surface area contributed by atoms with Crippen LogP contribution in [-0.4, -0.2) is 44.6 Å². The quantitative estimate of drug-likeness (QED) is 0.605. The van der Waals surface area contributed by atoms with Gasteiger partial charge in [-0.1, -0.05) is 11.6 Å². The van der Waals surface area contributed by atoms with Gasteiger partial charge >= 0.3 is 6.18 Å². The van der Waals surface area contributed by atoms with Crippen molar-refractivity contribution in [3.63, 3.8) is 0 Å². The van der Waals surface area contributed by atoms with E-state index in [1.807, 2.05) is 5.32 Å². The Balaban J connectivity index is 0.00000210. The van der Waals surface area contributed by atoms with Gasteiger partial charge in [0.05, 0.1) is 5.02 Å². The minimum atomic E-state index is -4.47. The van der Waals surface area contributed by atoms with Crippen LogP contribution in [0.1, 0.15) is 9.78 Å². The highest BCUT2D eigenvalue weighted by molar-refractivity contribution is 6.31. The number of carbonyl (C=O) groups excluding carboxylic acids is 1. The number of anilines is 1. The van der Waals surface area contributed by atoms with Crippen molar-refractivity contribution in [3.05, 3.63) is 35.7 Å². The summed E-state index contributed by atoms with van der Waals surface area (Å²) in [7, 11) is 0. The van der Waals surface area contributed by atoms with E-state index in [4.69, 9.17) is 11.6 Å². The van der Waals surface area contributed by atoms with E-state index in [0.717, 1.165) is 5.39 Å². The predicted octanol–water partition coefficient (Wildman–Crippen LogP) is 3.64. The maximum absolute atomic E-state index is 12.2. The molecule has 11 heteroatoms. The van der Waals surface area contributed by atoms with Crippen molar-refractivity contribution >= 4 is 34.4 Å². The molecule has 3 N–H and O–H groups in total. The minimum absolute atomic E-state index is 0. The second kappa shape index (κ2) is 7.39. The number of hydrogen-bond acceptors (Lipinski definition) is 5. The van der Waals surface area contributed by atoms with Crippen LogP contribution < -0.4 is 10.6 Å². The second-order valence-corrected chi connectivity index (χ2v) is 6.15. The summed E-state index contributed by atoms with van der Waals surface area (Å²) in [6.45, 7) is 0.0405. The third kappa shape index (κ3) is 4.64. The van der Waals surface area contributed by atoms with E-state index in [2.05, 4.69) is 25.3 Å². The van der Waals surface area contributed by atoms with E-state index in [1.165, 1.54) is 25.4 Å². The molecule has 0 saturated carbocycles. The Morgan fingerprint density at radius 2 is 2.19 bits per heavy atom. The van der Waals surface area contributed by atoms with Crippen molar-refractivity contribution in [2.75, 3.05) is 11.9 Å². The van der Waals surface area contributed by atoms with Crippen LogP contribution >= 0.6 is 11.6 Å². The number of carbonyl (C=O) groups is 1. The number of fused-ring (bicyclic) bond motifs is 1. The average molecular weight is 403 g/mol. The summed E-state index contributed by atoms with van der Waals surface area (Å²) in [6.07, 6.45) is 0.181. The van der Waals surface area contributed by atoms with Crippen molar-refractivity contribution in [1.82, 2.24) is 25.3 Å². The molecule has 1 atom stereocenters. The number of pyridine rings is 1. The number of amides is 1. The lowest BCUT2D eigenvalue weighted by Gasteiger charge is -2.15. The monoisotopic (exact) mass is 402 g/mol. The fraction of sp³-hybridized carbons (Fsp3) is 0.250. The molecule has 0 saturated heterocycles. The van der Waals surface area contributed by atoms with Crippen LogP contribution in [0.5, 0.6) is 0 Å². The van der Waals surface area contributed by atoms with Gasteiger partial charge in [0, 0.05) is 32.4 Å². The maximum atomic E-state index is 12.2. The van der Waals surface area contributed by atoms with Gasteiger partial charge in [-0.05, 0) is 19.1 Å². The summed E-state index contributed by atoms with van der Waals surface area (Å²) < 4.78 is 36.6. The number of aromatic nitrogens is 4. The lowest BCUT2D eigenvalue weighted by atomic mass is 10.2. The highest BCUT2D eigenvalue weighted by Gasteiger charge is 2.28. The van der Waals surface area contributed by atoms with E-state index in [9.17, 15) is 18.0 Å². The summed E-state index contributed by atoms with van der Waals surface area (Å²) >= 11 is 5.98. The molecule has 3 aromatic rings. The fourth-order valence-electron chi connectivity index (χ4n) is 2.36. The first-order valence-electron chi connectivity index (χ1n) is 7.80. The normalized spacial score (nSPS) is 12.8. The molecule has 3 rings (SSSR count). The zero-order chi connectivity index (χ0) is 19.6. The van der Waals surface area contributed by atoms with E-state index in [-0.39, 0.29) is 2.85 Å². The van der Waals surface area contributed by atoms with E-state index < -0.39 is 24.7 Å². The molecule has 7 nitrogen and oxygen atoms in total. The van der Waals surface area contributed by atoms with Crippen LogP contribution in [0.3, 0.4) is 0 Å². The number of alkyl halides is 3. The molecule has 0 radical (unpaired) electrons. The topological polar surface area (TPSA) is 95.6 Å². The van der Waals surface area contributed by atoms with Crippen molar-refractivity contribution in [2.24, 2.45) is 0 Å². The van der Waals surface area contributed by atoms with Crippen LogP contribution in [0, 0.1) is 0 Å². The predicted molar refractivity (Wildman–Crippen MR) is 98.5 cm³/mol. The molecular weight excluding hydrogens is 385 g/mol. The Bertz CT molecular complexity index is 985. The van der Waals surface area contributed by atoms with Gasteiger partial charge in [-0.3, -0.25) is 4.79 Å². The van der Waals surface area contributed by atoms with Crippen LogP contribution in [-0.2, 0) is 4.79 Å². The number of H-pyrrole nitrogens is 1. The number of halogens is 4. The summed E-state index contributed by atoms with van der Waals surface area (Å²) in [4.78, 5) is 27.4. The smallest absolute Gasteiger partial charge is 0.359 e. The van der Waals surface area contributed by atoms with Crippen LogP contribution in [0.25, 0.3) is 22.4 Å². The zero-order valence-corrected chi connectivity index (χ0v) is 14.7. The summed E-state index contributed by atoms with van der Waals surface area (Å²) in [5.41, 5.74) is 1.26. The van der Waals surface area contributed by atoms with Crippen LogP contribution in [0.4, 0.5) is 19.0 Å². The van der Waals surface area contributed by atoms with E-state index in [1.54, 1.807) is 12.3 Å². The van der Waals surface area contributed by atoms with Crippen LogP contribution in [0.15, 0.2) is 30.7 Å². The maximum Gasteiger partial charge on any atom is 0.405 e. The first kappa shape index (κ1) is 18.9. The molecule has 0 aliphatic carbocycles. The molecule has 3 heterocycles. The first-order valence-corrected chi connectivity index (χ1v) is 8.18. The van der Waals surface area contributed by atoms with Gasteiger partial charge in [0.15, 0.2) is 5.82 Å². The summed E-state index contributed by atoms with van der Waals surface area (Å²) in [5.74, 6) is -0.159. The van der Waals surface area contributed by atoms with Gasteiger partial charge < -0.3 is 15.6 Å². The number of rotatable bonds is 5. The highest BCUT2D eigenvalue weighted by Crippen LogP contribution is 2.27. The van der Waals surface area contributed by atoms with Crippen molar-refractivity contribution in [1.29, 1.82) is 0 Å². The first-order chi connectivity index (χ1) is 12.7. The molecule has 3 aromatic heterocycles. The third-order valence-electron chi connectivity index (χ3n) is 3.61. The Morgan fingerprint density at radius 3 is 2.93 bits per heavy atom. The Labute approximate surface area is 159 Å². The number of nitrogens with one attached hydrogen (secondary N) is 3. The molecule has 0 aliphatic rings. The van der Waals surface area contributed by atoms with Gasteiger partial charge in [-0.2, -0.15) is 13.2 Å². The van der Waals surface area contributed by atoms with Gasteiger partial charge in [-0.15, -0.1) is 0 Å². The highest BCUT2D eigenvalue weighted by atomic mass is 35.5. The van der Waals surface area contributed by atoms with Gasteiger partial charge in [0.25, 0.3) is 0 Å². The number of hydrogen-bond donors (Lipinski definition) is 3. The molecule has 0 bridgehead atoms. The summed E-state index contributed by atoms with van der Waals surface area (Å²) in [6, 6.07) is 2.30. The number of nitrogens with zero attached hydrogens (tertiary/aromatic N) is 3. The van der Waals surface area contributed by atoms with Gasteiger partial charge in [0.1, 0.15) is 24.1 Å². The van der Waals surface area contributed by atoms with Crippen molar-refractivity contribution in [3.8, 4) is 11.4 Å². The van der Waals surface area contributed by atoms with Crippen molar-refractivity contribution in [2.45, 2.75) is 19.1 Å². The van der Waals surface area contributed by atoms with Gasteiger partial charge in [0.2, 0.25) is 5.91 Å². The molecule has 0 spiro atoms. The Kier molecular flexibility index (Phi) is 5.17. The molecule has 0 unspecified atom stereocenters.